The monoisotopic (exact) mass is 278 g/mol. The molecule has 0 saturated heterocycles. The van der Waals surface area contributed by atoms with Gasteiger partial charge in [0.25, 0.3) is 0 Å². The summed E-state index contributed by atoms with van der Waals surface area (Å²) in [5.41, 5.74) is 4.64. The first kappa shape index (κ1) is 16.2. The summed E-state index contributed by atoms with van der Waals surface area (Å²) in [6.07, 6.45) is 0.352. The average molecular weight is 278 g/mol. The van der Waals surface area contributed by atoms with Crippen molar-refractivity contribution in [2.75, 3.05) is 0 Å². The second kappa shape index (κ2) is 7.03. The van der Waals surface area contributed by atoms with Crippen LogP contribution < -0.4 is 0 Å². The topological polar surface area (TPSA) is 18.5 Å². The fourth-order valence-corrected chi connectivity index (χ4v) is 5.23. The molecule has 106 valence electrons. The third-order valence-corrected chi connectivity index (χ3v) is 5.48. The van der Waals surface area contributed by atoms with Gasteiger partial charge in [-0.15, -0.1) is 0 Å². The molecule has 0 spiro atoms. The second-order valence-electron chi connectivity index (χ2n) is 5.54. The van der Waals surface area contributed by atoms with Crippen LogP contribution in [0, 0.1) is 0 Å². The molecule has 1 rings (SSSR count). The number of benzene rings is 1. The fourth-order valence-electron chi connectivity index (χ4n) is 2.21. The first-order valence-electron chi connectivity index (χ1n) is 6.93. The van der Waals surface area contributed by atoms with E-state index in [1.165, 1.54) is 11.1 Å². The zero-order valence-electron chi connectivity index (χ0n) is 12.9. The first-order chi connectivity index (χ1) is 8.82. The molecule has 0 heterocycles. The second-order valence-corrected chi connectivity index (χ2v) is 8.33. The molecule has 0 bridgehead atoms. The lowest BCUT2D eigenvalue weighted by molar-refractivity contribution is 0.119. The van der Waals surface area contributed by atoms with Crippen LogP contribution in [0.25, 0.3) is 5.57 Å². The van der Waals surface area contributed by atoms with Crippen LogP contribution in [0.3, 0.4) is 0 Å². The van der Waals surface area contributed by atoms with Crippen LogP contribution in [-0.4, -0.2) is 20.8 Å². The zero-order chi connectivity index (χ0) is 14.5. The Morgan fingerprint density at radius 1 is 1.00 bits per heavy atom. The van der Waals surface area contributed by atoms with E-state index >= 15 is 0 Å². The molecule has 3 heteroatoms. The van der Waals surface area contributed by atoms with Crippen LogP contribution in [0.5, 0.6) is 0 Å². The van der Waals surface area contributed by atoms with Gasteiger partial charge in [0.05, 0.1) is 0 Å². The van der Waals surface area contributed by atoms with Crippen LogP contribution in [0.2, 0.25) is 6.55 Å². The lowest BCUT2D eigenvalue weighted by Crippen LogP contribution is -2.41. The number of hydrogen-bond acceptors (Lipinski definition) is 2. The Bertz CT molecular complexity index is 400. The first-order valence-corrected chi connectivity index (χ1v) is 9.32. The summed E-state index contributed by atoms with van der Waals surface area (Å²) >= 11 is 0. The smallest absolute Gasteiger partial charge is 0.362 e. The SMILES string of the molecule is CC(=C[Si](C)(OC(C)C)OC(C)C)c1ccccc1. The standard InChI is InChI=1S/C16H26O2Si/c1-13(2)17-19(6,18-14(3)4)12-15(5)16-10-8-7-9-11-16/h7-14H,1-6H3. The highest BCUT2D eigenvalue weighted by molar-refractivity contribution is 6.72. The molecule has 2 nitrogen and oxygen atoms in total. The van der Waals surface area contributed by atoms with Gasteiger partial charge in [0.1, 0.15) is 0 Å². The molecule has 0 unspecified atom stereocenters. The van der Waals surface area contributed by atoms with Gasteiger partial charge < -0.3 is 8.85 Å². The Labute approximate surface area is 118 Å². The van der Waals surface area contributed by atoms with E-state index in [0.29, 0.717) is 0 Å². The summed E-state index contributed by atoms with van der Waals surface area (Å²) in [7, 11) is -2.28. The minimum atomic E-state index is -2.28. The molecular weight excluding hydrogens is 252 g/mol. The fraction of sp³-hybridized carbons (Fsp3) is 0.500. The molecule has 0 radical (unpaired) electrons. The number of rotatable bonds is 6. The highest BCUT2D eigenvalue weighted by Crippen LogP contribution is 2.21. The van der Waals surface area contributed by atoms with E-state index in [-0.39, 0.29) is 12.2 Å². The molecule has 0 aliphatic heterocycles. The molecule has 0 aliphatic carbocycles. The van der Waals surface area contributed by atoms with Crippen LogP contribution >= 0.6 is 0 Å². The van der Waals surface area contributed by atoms with Crippen molar-refractivity contribution in [2.45, 2.75) is 53.4 Å². The normalized spacial score (nSPS) is 13.4. The van der Waals surface area contributed by atoms with Crippen molar-refractivity contribution in [1.29, 1.82) is 0 Å². The lowest BCUT2D eigenvalue weighted by Gasteiger charge is -2.29. The molecule has 0 atom stereocenters. The Hall–Kier alpha value is -0.903. The molecule has 0 amide bonds. The van der Waals surface area contributed by atoms with Crippen LogP contribution in [0.15, 0.2) is 36.0 Å². The van der Waals surface area contributed by atoms with E-state index < -0.39 is 8.56 Å². The largest absolute Gasteiger partial charge is 0.389 e. The number of hydrogen-bond donors (Lipinski definition) is 0. The molecule has 1 aromatic rings. The van der Waals surface area contributed by atoms with Gasteiger partial charge in [-0.3, -0.25) is 0 Å². The Balaban J connectivity index is 2.98. The minimum Gasteiger partial charge on any atom is -0.389 e. The van der Waals surface area contributed by atoms with E-state index in [9.17, 15) is 0 Å². The maximum Gasteiger partial charge on any atom is 0.362 e. The van der Waals surface area contributed by atoms with Gasteiger partial charge in [0.2, 0.25) is 0 Å². The maximum absolute atomic E-state index is 6.08. The minimum absolute atomic E-state index is 0.176. The van der Waals surface area contributed by atoms with E-state index in [1.807, 2.05) is 6.07 Å². The Morgan fingerprint density at radius 3 is 1.89 bits per heavy atom. The molecule has 0 aromatic heterocycles. The molecule has 1 aromatic carbocycles. The van der Waals surface area contributed by atoms with Crippen LogP contribution in [0.1, 0.15) is 40.2 Å². The highest BCUT2D eigenvalue weighted by atomic mass is 28.4. The highest BCUT2D eigenvalue weighted by Gasteiger charge is 2.31. The quantitative estimate of drug-likeness (QED) is 0.711. The van der Waals surface area contributed by atoms with Crippen molar-refractivity contribution >= 4 is 14.1 Å². The van der Waals surface area contributed by atoms with Gasteiger partial charge in [-0.2, -0.15) is 0 Å². The third kappa shape index (κ3) is 5.72. The Kier molecular flexibility index (Phi) is 5.98. The van der Waals surface area contributed by atoms with E-state index in [0.717, 1.165) is 0 Å². The summed E-state index contributed by atoms with van der Waals surface area (Å²) in [4.78, 5) is 0. The summed E-state index contributed by atoms with van der Waals surface area (Å²) in [5, 5.41) is 0. The van der Waals surface area contributed by atoms with Crippen LogP contribution in [0.4, 0.5) is 0 Å². The van der Waals surface area contributed by atoms with Gasteiger partial charge >= 0.3 is 8.56 Å². The van der Waals surface area contributed by atoms with Gasteiger partial charge in [-0.1, -0.05) is 30.3 Å². The third-order valence-electron chi connectivity index (χ3n) is 2.65. The van der Waals surface area contributed by atoms with Crippen molar-refractivity contribution in [3.63, 3.8) is 0 Å². The summed E-state index contributed by atoms with van der Waals surface area (Å²) in [6.45, 7) is 12.5. The molecule has 0 saturated carbocycles. The summed E-state index contributed by atoms with van der Waals surface area (Å²) < 4.78 is 12.2. The van der Waals surface area contributed by atoms with Crippen molar-refractivity contribution in [2.24, 2.45) is 0 Å². The van der Waals surface area contributed by atoms with Crippen LogP contribution in [-0.2, 0) is 8.85 Å². The predicted octanol–water partition coefficient (Wildman–Crippen LogP) is 4.55. The molecule has 19 heavy (non-hydrogen) atoms. The molecule has 0 aliphatic rings. The number of allylic oxidation sites excluding steroid dienone is 1. The average Bonchev–Trinajstić information content (AvgIpc) is 2.27. The van der Waals surface area contributed by atoms with Crippen molar-refractivity contribution < 1.29 is 8.85 Å². The van der Waals surface area contributed by atoms with E-state index in [4.69, 9.17) is 8.85 Å². The summed E-state index contributed by atoms with van der Waals surface area (Å²) in [5.74, 6) is 0. The lowest BCUT2D eigenvalue weighted by atomic mass is 10.1. The Morgan fingerprint density at radius 2 is 1.47 bits per heavy atom. The molecular formula is C16H26O2Si. The summed E-state index contributed by atoms with van der Waals surface area (Å²) in [6, 6.07) is 10.4. The van der Waals surface area contributed by atoms with Gasteiger partial charge in [0.15, 0.2) is 0 Å². The molecule has 0 fully saturated rings. The van der Waals surface area contributed by atoms with Gasteiger partial charge in [-0.25, -0.2) is 0 Å². The van der Waals surface area contributed by atoms with E-state index in [2.05, 4.69) is 71.1 Å². The van der Waals surface area contributed by atoms with Crippen molar-refractivity contribution in [3.8, 4) is 0 Å². The van der Waals surface area contributed by atoms with Crippen molar-refractivity contribution in [1.82, 2.24) is 0 Å². The van der Waals surface area contributed by atoms with Gasteiger partial charge in [-0.05, 0) is 58.0 Å². The van der Waals surface area contributed by atoms with E-state index in [1.54, 1.807) is 0 Å². The maximum atomic E-state index is 6.08. The van der Waals surface area contributed by atoms with Gasteiger partial charge in [0, 0.05) is 12.2 Å². The molecule has 0 N–H and O–H groups in total. The van der Waals surface area contributed by atoms with Crippen molar-refractivity contribution in [3.05, 3.63) is 41.6 Å². The predicted molar refractivity (Wildman–Crippen MR) is 84.2 cm³/mol. The zero-order valence-corrected chi connectivity index (χ0v) is 13.9.